The second-order valence-electron chi connectivity index (χ2n) is 10.1. The van der Waals surface area contributed by atoms with E-state index in [4.69, 9.17) is 34.8 Å². The van der Waals surface area contributed by atoms with Crippen LogP contribution in [0, 0.1) is 6.92 Å². The molecule has 214 valence electrons. The Morgan fingerprint density at radius 1 is 1.03 bits per heavy atom. The normalized spacial score (nSPS) is 15.0. The van der Waals surface area contributed by atoms with Crippen LogP contribution in [0.2, 0.25) is 15.1 Å². The molecule has 0 heterocycles. The van der Waals surface area contributed by atoms with Crippen LogP contribution in [0.4, 0.5) is 5.69 Å². The fraction of sp³-hybridized carbons (Fsp3) is 0.500. The number of hydrogen-bond acceptors (Lipinski definition) is 4. The van der Waals surface area contributed by atoms with Crippen molar-refractivity contribution < 1.29 is 18.0 Å². The molecule has 11 heteroatoms. The molecule has 3 rings (SSSR count). The van der Waals surface area contributed by atoms with Gasteiger partial charge in [-0.3, -0.25) is 13.9 Å². The molecular formula is C28H36Cl3N3O4S. The summed E-state index contributed by atoms with van der Waals surface area (Å²) in [5.41, 5.74) is 1.89. The van der Waals surface area contributed by atoms with Gasteiger partial charge in [0, 0.05) is 40.6 Å². The van der Waals surface area contributed by atoms with Gasteiger partial charge in [-0.05, 0) is 68.5 Å². The standard InChI is InChI=1S/C28H36Cl3N3O4S/c1-19-11-13-23(30)17-26(19)34(39(3,37)38)15-7-10-27(35)33(18-21-12-14-22(29)16-25(21)31)20(2)28(36)32-24-8-5-4-6-9-24/h11-14,16-17,20,24H,4-10,15,18H2,1-3H3,(H,32,36)/t20-/m1/s1. The van der Waals surface area contributed by atoms with E-state index in [0.29, 0.717) is 26.3 Å². The molecule has 0 bridgehead atoms. The molecule has 1 N–H and O–H groups in total. The van der Waals surface area contributed by atoms with Crippen molar-refractivity contribution in [3.63, 3.8) is 0 Å². The van der Waals surface area contributed by atoms with Gasteiger partial charge in [-0.15, -0.1) is 0 Å². The molecule has 1 aliphatic carbocycles. The third-order valence-electron chi connectivity index (χ3n) is 7.07. The first-order valence-corrected chi connectivity index (χ1v) is 16.1. The van der Waals surface area contributed by atoms with Gasteiger partial charge in [0.05, 0.1) is 11.9 Å². The molecule has 0 aliphatic heterocycles. The Balaban J connectivity index is 1.77. The van der Waals surface area contributed by atoms with Crippen molar-refractivity contribution in [2.75, 3.05) is 17.1 Å². The SMILES string of the molecule is Cc1ccc(Cl)cc1N(CCCC(=O)N(Cc1ccc(Cl)cc1Cl)[C@H](C)C(=O)NC1CCCCC1)S(C)(=O)=O. The van der Waals surface area contributed by atoms with Crippen molar-refractivity contribution in [1.82, 2.24) is 10.2 Å². The van der Waals surface area contributed by atoms with Crippen LogP contribution in [-0.2, 0) is 26.2 Å². The number of carbonyl (C=O) groups is 2. The Kier molecular flexibility index (Phi) is 11.4. The smallest absolute Gasteiger partial charge is 0.242 e. The summed E-state index contributed by atoms with van der Waals surface area (Å²) in [5.74, 6) is -0.490. The Labute approximate surface area is 246 Å². The Bertz CT molecular complexity index is 1280. The van der Waals surface area contributed by atoms with Crippen LogP contribution in [0.5, 0.6) is 0 Å². The van der Waals surface area contributed by atoms with E-state index in [1.165, 1.54) is 15.6 Å². The third-order valence-corrected chi connectivity index (χ3v) is 9.07. The van der Waals surface area contributed by atoms with Crippen LogP contribution in [-0.4, -0.2) is 50.0 Å². The van der Waals surface area contributed by atoms with Crippen molar-refractivity contribution in [1.29, 1.82) is 0 Å². The highest BCUT2D eigenvalue weighted by Crippen LogP contribution is 2.28. The van der Waals surface area contributed by atoms with Gasteiger partial charge in [-0.1, -0.05) is 66.2 Å². The predicted octanol–water partition coefficient (Wildman–Crippen LogP) is 6.37. The monoisotopic (exact) mass is 615 g/mol. The molecule has 2 amide bonds. The minimum atomic E-state index is -3.62. The highest BCUT2D eigenvalue weighted by molar-refractivity contribution is 7.92. The topological polar surface area (TPSA) is 86.8 Å². The van der Waals surface area contributed by atoms with Crippen LogP contribution in [0.1, 0.15) is 63.0 Å². The van der Waals surface area contributed by atoms with Gasteiger partial charge in [0.15, 0.2) is 0 Å². The largest absolute Gasteiger partial charge is 0.352 e. The molecule has 1 saturated carbocycles. The number of sulfonamides is 1. The number of nitrogens with one attached hydrogen (secondary N) is 1. The summed E-state index contributed by atoms with van der Waals surface area (Å²) in [4.78, 5) is 28.2. The van der Waals surface area contributed by atoms with Crippen LogP contribution in [0.3, 0.4) is 0 Å². The van der Waals surface area contributed by atoms with E-state index in [0.717, 1.165) is 37.5 Å². The van der Waals surface area contributed by atoms with E-state index in [9.17, 15) is 18.0 Å². The van der Waals surface area contributed by atoms with Crippen molar-refractivity contribution in [2.24, 2.45) is 0 Å². The molecule has 2 aromatic rings. The molecule has 0 aromatic heterocycles. The maximum Gasteiger partial charge on any atom is 0.242 e. The molecule has 1 atom stereocenters. The molecule has 0 unspecified atom stereocenters. The van der Waals surface area contributed by atoms with Crippen LogP contribution < -0.4 is 9.62 Å². The van der Waals surface area contributed by atoms with Crippen molar-refractivity contribution in [2.45, 2.75) is 77.4 Å². The van der Waals surface area contributed by atoms with Gasteiger partial charge in [0.2, 0.25) is 21.8 Å². The van der Waals surface area contributed by atoms with Gasteiger partial charge < -0.3 is 10.2 Å². The third kappa shape index (κ3) is 9.00. The number of nitrogens with zero attached hydrogens (tertiary/aromatic N) is 2. The summed E-state index contributed by atoms with van der Waals surface area (Å²) >= 11 is 18.6. The molecule has 7 nitrogen and oxygen atoms in total. The van der Waals surface area contributed by atoms with Crippen molar-refractivity contribution in [3.8, 4) is 0 Å². The van der Waals surface area contributed by atoms with Crippen LogP contribution in [0.25, 0.3) is 0 Å². The van der Waals surface area contributed by atoms with Gasteiger partial charge in [-0.25, -0.2) is 8.42 Å². The van der Waals surface area contributed by atoms with Gasteiger partial charge in [0.25, 0.3) is 0 Å². The summed E-state index contributed by atoms with van der Waals surface area (Å²) in [7, 11) is -3.62. The van der Waals surface area contributed by atoms with Crippen LogP contribution >= 0.6 is 34.8 Å². The number of hydrogen-bond donors (Lipinski definition) is 1. The number of anilines is 1. The summed E-state index contributed by atoms with van der Waals surface area (Å²) in [6.45, 7) is 3.72. The molecule has 0 saturated heterocycles. The first-order valence-electron chi connectivity index (χ1n) is 13.1. The number of benzene rings is 2. The quantitative estimate of drug-likeness (QED) is 0.318. The molecule has 0 radical (unpaired) electrons. The van der Waals surface area contributed by atoms with E-state index in [1.807, 2.05) is 0 Å². The minimum absolute atomic E-state index is 0.0396. The van der Waals surface area contributed by atoms with Crippen molar-refractivity contribution >= 4 is 62.3 Å². The molecule has 1 fully saturated rings. The molecule has 1 aliphatic rings. The van der Waals surface area contributed by atoms with E-state index in [1.54, 1.807) is 50.2 Å². The fourth-order valence-corrected chi connectivity index (χ4v) is 6.47. The average Bonchev–Trinajstić information content (AvgIpc) is 2.87. The number of amides is 2. The number of halogens is 3. The van der Waals surface area contributed by atoms with E-state index < -0.39 is 16.1 Å². The zero-order valence-corrected chi connectivity index (χ0v) is 25.6. The maximum absolute atomic E-state index is 13.5. The first kappa shape index (κ1) is 31.5. The number of rotatable bonds is 11. The number of aryl methyl sites for hydroxylation is 1. The Morgan fingerprint density at radius 3 is 2.31 bits per heavy atom. The lowest BCUT2D eigenvalue weighted by Crippen LogP contribution is -2.50. The lowest BCUT2D eigenvalue weighted by molar-refractivity contribution is -0.141. The van der Waals surface area contributed by atoms with E-state index in [-0.39, 0.29) is 43.8 Å². The number of carbonyl (C=O) groups excluding carboxylic acids is 2. The summed E-state index contributed by atoms with van der Waals surface area (Å²) in [6, 6.07) is 9.45. The maximum atomic E-state index is 13.5. The van der Waals surface area contributed by atoms with Gasteiger partial charge in [0.1, 0.15) is 6.04 Å². The Hall–Kier alpha value is -2.00. The Morgan fingerprint density at radius 2 is 1.67 bits per heavy atom. The highest BCUT2D eigenvalue weighted by Gasteiger charge is 2.29. The molecular weight excluding hydrogens is 581 g/mol. The van der Waals surface area contributed by atoms with Crippen LogP contribution in [0.15, 0.2) is 36.4 Å². The summed E-state index contributed by atoms with van der Waals surface area (Å²) in [6.07, 6.45) is 6.59. The minimum Gasteiger partial charge on any atom is -0.352 e. The average molecular weight is 617 g/mol. The second-order valence-corrected chi connectivity index (χ2v) is 13.3. The second kappa shape index (κ2) is 14.1. The lowest BCUT2D eigenvalue weighted by Gasteiger charge is -2.32. The first-order chi connectivity index (χ1) is 18.4. The van der Waals surface area contributed by atoms with Gasteiger partial charge in [-0.2, -0.15) is 0 Å². The van der Waals surface area contributed by atoms with Gasteiger partial charge >= 0.3 is 0 Å². The predicted molar refractivity (Wildman–Crippen MR) is 159 cm³/mol. The molecule has 0 spiro atoms. The summed E-state index contributed by atoms with van der Waals surface area (Å²) < 4.78 is 26.5. The highest BCUT2D eigenvalue weighted by atomic mass is 35.5. The zero-order chi connectivity index (χ0) is 28.7. The molecule has 2 aromatic carbocycles. The van der Waals surface area contributed by atoms with E-state index >= 15 is 0 Å². The zero-order valence-electron chi connectivity index (χ0n) is 22.6. The van der Waals surface area contributed by atoms with Crippen molar-refractivity contribution in [3.05, 3.63) is 62.6 Å². The summed E-state index contributed by atoms with van der Waals surface area (Å²) in [5, 5.41) is 4.40. The molecule has 39 heavy (non-hydrogen) atoms. The lowest BCUT2D eigenvalue weighted by atomic mass is 9.95. The van der Waals surface area contributed by atoms with E-state index in [2.05, 4.69) is 5.32 Å². The fourth-order valence-electron chi connectivity index (χ4n) is 4.82.